The number of nitrogens with zero attached hydrogens (tertiary/aromatic N) is 3. The second kappa shape index (κ2) is 15.2. The lowest BCUT2D eigenvalue weighted by Crippen LogP contribution is -2.49. The van der Waals surface area contributed by atoms with E-state index in [1.807, 2.05) is 4.90 Å². The predicted octanol–water partition coefficient (Wildman–Crippen LogP) is 4.49. The highest BCUT2D eigenvalue weighted by Gasteiger charge is 2.56. The second-order valence-corrected chi connectivity index (χ2v) is 12.1. The molecule has 42 heavy (non-hydrogen) atoms. The van der Waals surface area contributed by atoms with Gasteiger partial charge in [0.15, 0.2) is 5.78 Å². The number of nitrogens with one attached hydrogen (secondary N) is 1. The molecule has 0 spiro atoms. The van der Waals surface area contributed by atoms with Crippen LogP contribution < -0.4 is 21.7 Å². The van der Waals surface area contributed by atoms with Crippen molar-refractivity contribution >= 4 is 29.1 Å². The molecule has 2 saturated carbocycles. The van der Waals surface area contributed by atoms with Gasteiger partial charge in [0.25, 0.3) is 0 Å². The highest BCUT2D eigenvalue weighted by atomic mass is 16.2. The quantitative estimate of drug-likeness (QED) is 0.351. The average Bonchev–Trinajstić information content (AvgIpc) is 3.40. The lowest BCUT2D eigenvalue weighted by molar-refractivity contribution is -0.129. The summed E-state index contributed by atoms with van der Waals surface area (Å²) in [5, 5.41) is 2.75. The number of hydrogen-bond donors (Lipinski definition) is 3. The maximum Gasteiger partial charge on any atom is 0.312 e. The van der Waals surface area contributed by atoms with Crippen molar-refractivity contribution in [2.45, 2.75) is 86.1 Å². The molecule has 1 aliphatic heterocycles. The van der Waals surface area contributed by atoms with Gasteiger partial charge in [-0.15, -0.1) is 0 Å². The minimum atomic E-state index is -0.399. The third-order valence-corrected chi connectivity index (χ3v) is 9.15. The maximum atomic E-state index is 12.8. The number of amides is 3. The van der Waals surface area contributed by atoms with Crippen LogP contribution >= 0.6 is 0 Å². The fourth-order valence-corrected chi connectivity index (χ4v) is 6.36. The Morgan fingerprint density at radius 3 is 2.33 bits per heavy atom. The Balaban J connectivity index is 0.000000343. The van der Waals surface area contributed by atoms with Crippen molar-refractivity contribution < 1.29 is 14.4 Å². The van der Waals surface area contributed by atoms with E-state index in [1.54, 1.807) is 0 Å². The number of primary amides is 1. The number of piperazine rings is 1. The summed E-state index contributed by atoms with van der Waals surface area (Å²) in [5.74, 6) is 1.39. The normalized spacial score (nSPS) is 24.0. The molecular formula is C33H52N6O3. The van der Waals surface area contributed by atoms with Gasteiger partial charge in [-0.1, -0.05) is 52.2 Å². The second-order valence-electron chi connectivity index (χ2n) is 12.1. The molecule has 0 bridgehead atoms. The van der Waals surface area contributed by atoms with Crippen LogP contribution in [-0.4, -0.2) is 67.1 Å². The number of anilines is 1. The number of aliphatic imine (C=N–C) groups is 1. The van der Waals surface area contributed by atoms with Crippen molar-refractivity contribution in [1.29, 1.82) is 0 Å². The lowest BCUT2D eigenvalue weighted by Gasteiger charge is -2.37. The van der Waals surface area contributed by atoms with Crippen molar-refractivity contribution in [1.82, 2.24) is 10.2 Å². The van der Waals surface area contributed by atoms with Crippen molar-refractivity contribution in [2.24, 2.45) is 34.2 Å². The Hall–Kier alpha value is -3.36. The van der Waals surface area contributed by atoms with Gasteiger partial charge in [0.1, 0.15) is 6.54 Å². The van der Waals surface area contributed by atoms with Crippen molar-refractivity contribution in [3.63, 3.8) is 0 Å². The van der Waals surface area contributed by atoms with Gasteiger partial charge in [-0.25, -0.2) is 4.79 Å². The Morgan fingerprint density at radius 2 is 1.74 bits per heavy atom. The zero-order valence-electron chi connectivity index (χ0n) is 26.5. The van der Waals surface area contributed by atoms with Crippen LogP contribution in [0.4, 0.5) is 10.5 Å². The molecule has 5 N–H and O–H groups in total. The van der Waals surface area contributed by atoms with Crippen molar-refractivity contribution in [3.05, 3.63) is 40.6 Å². The summed E-state index contributed by atoms with van der Waals surface area (Å²) in [7, 11) is 0. The van der Waals surface area contributed by atoms with E-state index in [-0.39, 0.29) is 24.3 Å². The molecule has 232 valence electrons. The first kappa shape index (κ1) is 33.1. The molecule has 1 aromatic rings. The zero-order valence-corrected chi connectivity index (χ0v) is 26.5. The molecule has 0 radical (unpaired) electrons. The van der Waals surface area contributed by atoms with Crippen molar-refractivity contribution in [2.75, 3.05) is 37.6 Å². The lowest BCUT2D eigenvalue weighted by atomic mass is 10.0. The van der Waals surface area contributed by atoms with E-state index in [9.17, 15) is 14.4 Å². The number of allylic oxidation sites excluding steroid dienone is 2. The zero-order chi connectivity index (χ0) is 31.0. The van der Waals surface area contributed by atoms with Gasteiger partial charge in [0.2, 0.25) is 5.91 Å². The van der Waals surface area contributed by atoms with Gasteiger partial charge in [0, 0.05) is 56.1 Å². The van der Waals surface area contributed by atoms with Gasteiger partial charge in [-0.3, -0.25) is 14.6 Å². The number of carbonyl (C=O) groups is 3. The van der Waals surface area contributed by atoms with Gasteiger partial charge in [-0.2, -0.15) is 0 Å². The number of fused-ring (bicyclic) bond motifs is 1. The number of urea groups is 1. The third kappa shape index (κ3) is 8.35. The van der Waals surface area contributed by atoms with E-state index in [0.29, 0.717) is 36.5 Å². The Labute approximate surface area is 252 Å². The first-order valence-electron chi connectivity index (χ1n) is 15.7. The molecule has 1 aromatic carbocycles. The Kier molecular flexibility index (Phi) is 12.0. The SMILES string of the molecule is CC(=O)/C(N)=C1/C(=NCC(=O)N2CCN(c3cccc(C)c3C)CC2)CC2C1[C@@H]2C.CCCCC(CCC)NC(N)=O. The van der Waals surface area contributed by atoms with Gasteiger partial charge in [0.05, 0.1) is 5.70 Å². The third-order valence-electron chi connectivity index (χ3n) is 9.15. The molecular weight excluding hydrogens is 528 g/mol. The number of benzene rings is 1. The number of rotatable bonds is 10. The van der Waals surface area contributed by atoms with E-state index in [2.05, 4.69) is 68.0 Å². The van der Waals surface area contributed by atoms with Crippen LogP contribution in [0.2, 0.25) is 0 Å². The molecule has 4 rings (SSSR count). The molecule has 1 heterocycles. The number of ketones is 1. The fourth-order valence-electron chi connectivity index (χ4n) is 6.36. The van der Waals surface area contributed by atoms with E-state index >= 15 is 0 Å². The highest BCUT2D eigenvalue weighted by Crippen LogP contribution is 2.59. The minimum Gasteiger partial charge on any atom is -0.396 e. The highest BCUT2D eigenvalue weighted by molar-refractivity contribution is 6.11. The van der Waals surface area contributed by atoms with Crippen LogP contribution in [-0.2, 0) is 9.59 Å². The molecule has 3 fully saturated rings. The number of unbranched alkanes of at least 4 members (excludes halogenated alkanes) is 1. The summed E-state index contributed by atoms with van der Waals surface area (Å²) in [6.45, 7) is 15.5. The first-order valence-corrected chi connectivity index (χ1v) is 15.7. The van der Waals surface area contributed by atoms with Crippen LogP contribution in [0.3, 0.4) is 0 Å². The number of hydrogen-bond acceptors (Lipinski definition) is 6. The van der Waals surface area contributed by atoms with Gasteiger partial charge < -0.3 is 26.6 Å². The first-order chi connectivity index (χ1) is 20.0. The molecule has 3 unspecified atom stereocenters. The van der Waals surface area contributed by atoms with Crippen molar-refractivity contribution in [3.8, 4) is 0 Å². The van der Waals surface area contributed by atoms with Gasteiger partial charge >= 0.3 is 6.03 Å². The maximum absolute atomic E-state index is 12.8. The van der Waals surface area contributed by atoms with E-state index in [1.165, 1.54) is 30.2 Å². The van der Waals surface area contributed by atoms with E-state index < -0.39 is 6.03 Å². The minimum absolute atomic E-state index is 0.0532. The largest absolute Gasteiger partial charge is 0.396 e. The topological polar surface area (TPSA) is 134 Å². The number of nitrogens with two attached hydrogens (primary N) is 2. The molecule has 9 heteroatoms. The molecule has 1 saturated heterocycles. The number of aryl methyl sites for hydroxylation is 1. The van der Waals surface area contributed by atoms with E-state index in [4.69, 9.17) is 11.5 Å². The standard InChI is InChI=1S/C24H32N4O2.C9H20N2O/c1-14-6-5-7-20(15(14)2)27-8-10-28(11-9-27)21(30)13-26-19-12-18-16(3)22(18)23(19)24(25)17(4)29;1-3-5-7-8(6-4-2)11-9(10)12/h5-7,16,18,22H,8-13,25H2,1-4H3;8H,3-7H2,1-2H3,(H3,10,11,12)/b24-23+,26-19?;/t16-,18?,22?;/m1./s1. The average molecular weight is 581 g/mol. The van der Waals surface area contributed by atoms with Crippen LogP contribution in [0.25, 0.3) is 0 Å². The molecule has 3 amide bonds. The molecule has 9 nitrogen and oxygen atoms in total. The Bertz CT molecular complexity index is 1180. The summed E-state index contributed by atoms with van der Waals surface area (Å²) >= 11 is 0. The number of Topliss-reactive ketones (excluding diaryl/α,β-unsaturated/α-hetero) is 1. The summed E-state index contributed by atoms with van der Waals surface area (Å²) in [5.41, 5.74) is 17.1. The number of carbonyl (C=O) groups excluding carboxylic acids is 3. The van der Waals surface area contributed by atoms with Gasteiger partial charge in [-0.05, 0) is 68.1 Å². The van der Waals surface area contributed by atoms with Crippen LogP contribution in [0.15, 0.2) is 34.5 Å². The molecule has 2 aliphatic carbocycles. The smallest absolute Gasteiger partial charge is 0.312 e. The fraction of sp³-hybridized carbons (Fsp3) is 0.636. The Morgan fingerprint density at radius 1 is 1.05 bits per heavy atom. The summed E-state index contributed by atoms with van der Waals surface area (Å²) < 4.78 is 0. The molecule has 0 aromatic heterocycles. The monoisotopic (exact) mass is 580 g/mol. The van der Waals surface area contributed by atoms with Crippen LogP contribution in [0, 0.1) is 31.6 Å². The molecule has 3 aliphatic rings. The molecule has 4 atom stereocenters. The van der Waals surface area contributed by atoms with Crippen LogP contribution in [0.5, 0.6) is 0 Å². The summed E-state index contributed by atoms with van der Waals surface area (Å²) in [6, 6.07) is 6.27. The summed E-state index contributed by atoms with van der Waals surface area (Å²) in [4.78, 5) is 44.0. The van der Waals surface area contributed by atoms with E-state index in [0.717, 1.165) is 56.5 Å². The summed E-state index contributed by atoms with van der Waals surface area (Å²) in [6.07, 6.45) is 6.33. The predicted molar refractivity (Wildman–Crippen MR) is 171 cm³/mol. The van der Waals surface area contributed by atoms with Crippen LogP contribution in [0.1, 0.15) is 77.3 Å².